The fourth-order valence-electron chi connectivity index (χ4n) is 2.88. The molecule has 2 aromatic heterocycles. The van der Waals surface area contributed by atoms with E-state index in [1.54, 1.807) is 24.7 Å². The molecule has 5 heteroatoms. The molecule has 2 N–H and O–H groups in total. The summed E-state index contributed by atoms with van der Waals surface area (Å²) in [5.41, 5.74) is 2.51. The van der Waals surface area contributed by atoms with Crippen LogP contribution < -0.4 is 10.6 Å². The van der Waals surface area contributed by atoms with Gasteiger partial charge in [0.1, 0.15) is 5.69 Å². The molecule has 0 atom stereocenters. The summed E-state index contributed by atoms with van der Waals surface area (Å²) in [6, 6.07) is 7.90. The molecule has 23 heavy (non-hydrogen) atoms. The van der Waals surface area contributed by atoms with Crippen molar-refractivity contribution in [3.05, 3.63) is 54.1 Å². The Morgan fingerprint density at radius 1 is 1.09 bits per heavy atom. The molecule has 1 fully saturated rings. The van der Waals surface area contributed by atoms with E-state index in [0.29, 0.717) is 18.3 Å². The van der Waals surface area contributed by atoms with Gasteiger partial charge in [-0.2, -0.15) is 0 Å². The molecule has 2 aromatic rings. The van der Waals surface area contributed by atoms with Gasteiger partial charge in [0.2, 0.25) is 0 Å². The maximum Gasteiger partial charge on any atom is 0.270 e. The average Bonchev–Trinajstić information content (AvgIpc) is 2.62. The van der Waals surface area contributed by atoms with Gasteiger partial charge in [-0.15, -0.1) is 0 Å². The fourth-order valence-corrected chi connectivity index (χ4v) is 2.88. The van der Waals surface area contributed by atoms with E-state index in [2.05, 4.69) is 20.6 Å². The number of aromatic nitrogens is 2. The van der Waals surface area contributed by atoms with Crippen LogP contribution in [0.2, 0.25) is 0 Å². The lowest BCUT2D eigenvalue weighted by Crippen LogP contribution is -2.36. The maximum atomic E-state index is 12.3. The van der Waals surface area contributed by atoms with Crippen LogP contribution in [0.25, 0.3) is 0 Å². The second-order valence-corrected chi connectivity index (χ2v) is 5.95. The number of carbonyl (C=O) groups is 1. The van der Waals surface area contributed by atoms with Crippen LogP contribution in [0.5, 0.6) is 0 Å². The van der Waals surface area contributed by atoms with Crippen LogP contribution in [0, 0.1) is 0 Å². The summed E-state index contributed by atoms with van der Waals surface area (Å²) in [4.78, 5) is 20.5. The predicted molar refractivity (Wildman–Crippen MR) is 90.1 cm³/mol. The molecule has 0 aromatic carbocycles. The largest absolute Gasteiger partial charge is 0.381 e. The van der Waals surface area contributed by atoms with Gasteiger partial charge in [-0.3, -0.25) is 14.8 Å². The Kier molecular flexibility index (Phi) is 5.19. The van der Waals surface area contributed by atoms with Gasteiger partial charge in [0, 0.05) is 36.9 Å². The molecule has 0 saturated heterocycles. The first-order chi connectivity index (χ1) is 11.3. The van der Waals surface area contributed by atoms with E-state index in [9.17, 15) is 4.79 Å². The van der Waals surface area contributed by atoms with E-state index >= 15 is 0 Å². The normalized spacial score (nSPS) is 15.1. The van der Waals surface area contributed by atoms with Crippen molar-refractivity contribution in [3.63, 3.8) is 0 Å². The molecule has 0 unspecified atom stereocenters. The third kappa shape index (κ3) is 4.52. The molecule has 0 aliphatic heterocycles. The summed E-state index contributed by atoms with van der Waals surface area (Å²) in [6.45, 7) is 0.691. The molecule has 0 bridgehead atoms. The lowest BCUT2D eigenvalue weighted by molar-refractivity contribution is 0.0922. The van der Waals surface area contributed by atoms with Crippen LogP contribution in [-0.2, 0) is 6.54 Å². The number of hydrogen-bond acceptors (Lipinski definition) is 4. The van der Waals surface area contributed by atoms with E-state index in [1.165, 1.54) is 19.3 Å². The highest BCUT2D eigenvalue weighted by molar-refractivity contribution is 5.93. The average molecular weight is 310 g/mol. The Balaban J connectivity index is 1.59. The smallest absolute Gasteiger partial charge is 0.270 e. The van der Waals surface area contributed by atoms with Gasteiger partial charge >= 0.3 is 0 Å². The zero-order valence-corrected chi connectivity index (χ0v) is 13.2. The molecule has 1 saturated carbocycles. The summed E-state index contributed by atoms with van der Waals surface area (Å²) >= 11 is 0. The molecule has 0 spiro atoms. The quantitative estimate of drug-likeness (QED) is 0.890. The highest BCUT2D eigenvalue weighted by Gasteiger charge is 2.17. The Morgan fingerprint density at radius 2 is 1.87 bits per heavy atom. The number of pyridine rings is 2. The minimum atomic E-state index is -0.0792. The van der Waals surface area contributed by atoms with Gasteiger partial charge in [0.05, 0.1) is 0 Å². The summed E-state index contributed by atoms with van der Waals surface area (Å²) in [6.07, 6.45) is 11.0. The van der Waals surface area contributed by atoms with Crippen molar-refractivity contribution in [1.29, 1.82) is 0 Å². The Morgan fingerprint density at radius 3 is 2.65 bits per heavy atom. The van der Waals surface area contributed by atoms with E-state index < -0.39 is 0 Å². The minimum Gasteiger partial charge on any atom is -0.381 e. The number of anilines is 1. The van der Waals surface area contributed by atoms with E-state index in [4.69, 9.17) is 0 Å². The highest BCUT2D eigenvalue weighted by Crippen LogP contribution is 2.18. The number of rotatable bonds is 5. The van der Waals surface area contributed by atoms with Crippen LogP contribution >= 0.6 is 0 Å². The first-order valence-electron chi connectivity index (χ1n) is 8.21. The second kappa shape index (κ2) is 7.72. The van der Waals surface area contributed by atoms with Crippen LogP contribution in [-0.4, -0.2) is 21.9 Å². The van der Waals surface area contributed by atoms with Crippen LogP contribution in [0.15, 0.2) is 42.9 Å². The van der Waals surface area contributed by atoms with E-state index in [0.717, 1.165) is 24.1 Å². The second-order valence-electron chi connectivity index (χ2n) is 5.95. The van der Waals surface area contributed by atoms with Crippen molar-refractivity contribution in [1.82, 2.24) is 15.3 Å². The number of amides is 1. The van der Waals surface area contributed by atoms with Crippen molar-refractivity contribution < 1.29 is 4.79 Å². The topological polar surface area (TPSA) is 66.9 Å². The monoisotopic (exact) mass is 310 g/mol. The lowest BCUT2D eigenvalue weighted by atomic mass is 9.95. The Hall–Kier alpha value is -2.43. The summed E-state index contributed by atoms with van der Waals surface area (Å²) in [5, 5.41) is 6.41. The zero-order chi connectivity index (χ0) is 15.9. The van der Waals surface area contributed by atoms with Gasteiger partial charge < -0.3 is 10.6 Å². The Labute approximate surface area is 136 Å². The molecule has 0 radical (unpaired) electrons. The molecule has 1 aliphatic rings. The molecule has 5 nitrogen and oxygen atoms in total. The Bertz CT molecular complexity index is 638. The number of nitrogens with zero attached hydrogens (tertiary/aromatic N) is 2. The lowest BCUT2D eigenvalue weighted by Gasteiger charge is -2.22. The third-order valence-corrected chi connectivity index (χ3v) is 4.18. The van der Waals surface area contributed by atoms with Gasteiger partial charge in [-0.05, 0) is 42.7 Å². The molecule has 1 amide bonds. The van der Waals surface area contributed by atoms with Crippen molar-refractivity contribution in [2.45, 2.75) is 44.7 Å². The minimum absolute atomic E-state index is 0.0792. The van der Waals surface area contributed by atoms with Gasteiger partial charge in [-0.1, -0.05) is 19.3 Å². The predicted octanol–water partition coefficient (Wildman–Crippen LogP) is 3.15. The molecule has 2 heterocycles. The molecular weight excluding hydrogens is 288 g/mol. The van der Waals surface area contributed by atoms with Gasteiger partial charge in [0.15, 0.2) is 0 Å². The van der Waals surface area contributed by atoms with Gasteiger partial charge in [0.25, 0.3) is 5.91 Å². The van der Waals surface area contributed by atoms with Gasteiger partial charge in [-0.25, -0.2) is 0 Å². The van der Waals surface area contributed by atoms with Crippen LogP contribution in [0.1, 0.15) is 48.2 Å². The molecule has 1 aliphatic carbocycles. The highest BCUT2D eigenvalue weighted by atomic mass is 16.1. The summed E-state index contributed by atoms with van der Waals surface area (Å²) < 4.78 is 0. The summed E-state index contributed by atoms with van der Waals surface area (Å²) in [7, 11) is 0. The zero-order valence-electron chi connectivity index (χ0n) is 13.2. The number of hydrogen-bond donors (Lipinski definition) is 2. The van der Waals surface area contributed by atoms with Crippen molar-refractivity contribution >= 4 is 11.6 Å². The SMILES string of the molecule is O=C(NC1CCCCC1)c1cc(NCc2ccncc2)ccn1. The maximum absolute atomic E-state index is 12.3. The standard InChI is InChI=1S/C18H22N4O/c23-18(22-15-4-2-1-3-5-15)17-12-16(8-11-20-17)21-13-14-6-9-19-10-7-14/h6-12,15H,1-5,13H2,(H,20,21)(H,22,23). The number of nitrogens with one attached hydrogen (secondary N) is 2. The number of carbonyl (C=O) groups excluding carboxylic acids is 1. The molecule has 3 rings (SSSR count). The van der Waals surface area contributed by atoms with E-state index in [1.807, 2.05) is 18.2 Å². The van der Waals surface area contributed by atoms with Crippen LogP contribution in [0.4, 0.5) is 5.69 Å². The third-order valence-electron chi connectivity index (χ3n) is 4.18. The first-order valence-corrected chi connectivity index (χ1v) is 8.21. The van der Waals surface area contributed by atoms with Crippen molar-refractivity contribution in [2.75, 3.05) is 5.32 Å². The summed E-state index contributed by atoms with van der Waals surface area (Å²) in [5.74, 6) is -0.0792. The van der Waals surface area contributed by atoms with E-state index in [-0.39, 0.29) is 5.91 Å². The first kappa shape index (κ1) is 15.5. The van der Waals surface area contributed by atoms with Crippen molar-refractivity contribution in [2.24, 2.45) is 0 Å². The van der Waals surface area contributed by atoms with Crippen molar-refractivity contribution in [3.8, 4) is 0 Å². The van der Waals surface area contributed by atoms with Crippen LogP contribution in [0.3, 0.4) is 0 Å². The fraction of sp³-hybridized carbons (Fsp3) is 0.389. The molecule has 120 valence electrons. The molecular formula is C18H22N4O.